The molecule has 0 radical (unpaired) electrons. The van der Waals surface area contributed by atoms with E-state index in [0.717, 1.165) is 0 Å². The molecule has 7 heteroatoms. The minimum absolute atomic E-state index is 0.0758. The maximum atomic E-state index is 12.6. The summed E-state index contributed by atoms with van der Waals surface area (Å²) in [7, 11) is 0. The van der Waals surface area contributed by atoms with Gasteiger partial charge in [-0.15, -0.1) is 11.3 Å². The largest absolute Gasteiger partial charge is 0.493 e. The Kier molecular flexibility index (Phi) is 6.31. The van der Waals surface area contributed by atoms with Crippen LogP contribution in [0.15, 0.2) is 35.8 Å². The summed E-state index contributed by atoms with van der Waals surface area (Å²) in [6.07, 6.45) is 1.61. The molecule has 2 amide bonds. The number of para-hydroxylation sites is 1. The first kappa shape index (κ1) is 17.9. The predicted octanol–water partition coefficient (Wildman–Crippen LogP) is 2.93. The van der Waals surface area contributed by atoms with Gasteiger partial charge >= 0.3 is 0 Å². The van der Waals surface area contributed by atoms with Crippen LogP contribution in [0, 0.1) is 5.92 Å². The Balaban J connectivity index is 2.12. The first-order valence-corrected chi connectivity index (χ1v) is 8.64. The fraction of sp³-hybridized carbons (Fsp3) is 0.353. The number of hydrogen-bond acceptors (Lipinski definition) is 5. The molecule has 0 aliphatic heterocycles. The fourth-order valence-electron chi connectivity index (χ4n) is 2.16. The third kappa shape index (κ3) is 4.55. The van der Waals surface area contributed by atoms with Gasteiger partial charge in [0.05, 0.1) is 12.2 Å². The van der Waals surface area contributed by atoms with E-state index in [0.29, 0.717) is 23.1 Å². The molecule has 1 unspecified atom stereocenters. The van der Waals surface area contributed by atoms with Gasteiger partial charge in [0.2, 0.25) is 5.91 Å². The highest BCUT2D eigenvalue weighted by atomic mass is 32.1. The van der Waals surface area contributed by atoms with Crippen LogP contribution in [0.3, 0.4) is 0 Å². The van der Waals surface area contributed by atoms with Gasteiger partial charge in [0.15, 0.2) is 5.13 Å². The van der Waals surface area contributed by atoms with Crippen LogP contribution in [0.25, 0.3) is 0 Å². The van der Waals surface area contributed by atoms with Crippen molar-refractivity contribution in [3.05, 3.63) is 41.4 Å². The number of anilines is 1. The summed E-state index contributed by atoms with van der Waals surface area (Å²) in [6, 6.07) is 6.31. The number of benzene rings is 1. The average Bonchev–Trinajstić information content (AvgIpc) is 3.05. The maximum absolute atomic E-state index is 12.6. The minimum Gasteiger partial charge on any atom is -0.493 e. The van der Waals surface area contributed by atoms with E-state index in [9.17, 15) is 9.59 Å². The predicted molar refractivity (Wildman–Crippen MR) is 94.4 cm³/mol. The highest BCUT2D eigenvalue weighted by molar-refractivity contribution is 7.13. The van der Waals surface area contributed by atoms with Crippen LogP contribution in [0.1, 0.15) is 31.1 Å². The number of carbonyl (C=O) groups excluding carboxylic acids is 2. The highest BCUT2D eigenvalue weighted by Gasteiger charge is 2.26. The van der Waals surface area contributed by atoms with Gasteiger partial charge in [0.1, 0.15) is 11.8 Å². The van der Waals surface area contributed by atoms with Gasteiger partial charge < -0.3 is 15.4 Å². The van der Waals surface area contributed by atoms with E-state index >= 15 is 0 Å². The molecule has 0 spiro atoms. The zero-order chi connectivity index (χ0) is 17.5. The molecular formula is C17H21N3O3S. The highest BCUT2D eigenvalue weighted by Crippen LogP contribution is 2.19. The van der Waals surface area contributed by atoms with Crippen molar-refractivity contribution in [3.8, 4) is 5.75 Å². The quantitative estimate of drug-likeness (QED) is 0.807. The molecule has 1 aromatic carbocycles. The smallest absolute Gasteiger partial charge is 0.255 e. The Hall–Kier alpha value is -2.41. The van der Waals surface area contributed by atoms with Crippen molar-refractivity contribution >= 4 is 28.3 Å². The van der Waals surface area contributed by atoms with Crippen LogP contribution in [0.4, 0.5) is 5.13 Å². The molecule has 6 nitrogen and oxygen atoms in total. The van der Waals surface area contributed by atoms with Crippen LogP contribution in [-0.4, -0.2) is 29.4 Å². The zero-order valence-electron chi connectivity index (χ0n) is 13.9. The number of nitrogens with zero attached hydrogens (tertiary/aromatic N) is 1. The van der Waals surface area contributed by atoms with Crippen LogP contribution in [0.2, 0.25) is 0 Å². The van der Waals surface area contributed by atoms with E-state index in [1.807, 2.05) is 20.8 Å². The first-order valence-electron chi connectivity index (χ1n) is 7.76. The molecule has 0 aliphatic carbocycles. The molecule has 0 fully saturated rings. The van der Waals surface area contributed by atoms with E-state index < -0.39 is 6.04 Å². The number of amides is 2. The molecule has 0 saturated carbocycles. The molecule has 128 valence electrons. The van der Waals surface area contributed by atoms with E-state index in [1.54, 1.807) is 35.8 Å². The number of aromatic nitrogens is 1. The van der Waals surface area contributed by atoms with Crippen LogP contribution >= 0.6 is 11.3 Å². The van der Waals surface area contributed by atoms with Crippen molar-refractivity contribution in [2.75, 3.05) is 11.9 Å². The SMILES string of the molecule is CCOc1ccccc1C(=O)NC(C(=O)Nc1nccs1)C(C)C. The van der Waals surface area contributed by atoms with Gasteiger partial charge in [0.25, 0.3) is 5.91 Å². The van der Waals surface area contributed by atoms with Gasteiger partial charge in [-0.25, -0.2) is 4.98 Å². The summed E-state index contributed by atoms with van der Waals surface area (Å²) >= 11 is 1.33. The minimum atomic E-state index is -0.670. The number of ether oxygens (including phenoxy) is 1. The Morgan fingerprint density at radius 2 is 2.04 bits per heavy atom. The second-order valence-electron chi connectivity index (χ2n) is 5.45. The molecule has 0 aliphatic rings. The lowest BCUT2D eigenvalue weighted by atomic mass is 10.0. The number of hydrogen-bond donors (Lipinski definition) is 2. The molecule has 0 bridgehead atoms. The normalized spacial score (nSPS) is 11.8. The summed E-state index contributed by atoms with van der Waals surface area (Å²) in [4.78, 5) is 29.0. The second-order valence-corrected chi connectivity index (χ2v) is 6.35. The Labute approximate surface area is 145 Å². The van der Waals surface area contributed by atoms with Crippen molar-refractivity contribution in [3.63, 3.8) is 0 Å². The number of thiazole rings is 1. The molecule has 0 saturated heterocycles. The molecule has 2 rings (SSSR count). The van der Waals surface area contributed by atoms with Crippen molar-refractivity contribution in [2.24, 2.45) is 5.92 Å². The summed E-state index contributed by atoms with van der Waals surface area (Å²) in [5.41, 5.74) is 0.409. The second kappa shape index (κ2) is 8.44. The van der Waals surface area contributed by atoms with Crippen LogP contribution < -0.4 is 15.4 Å². The lowest BCUT2D eigenvalue weighted by Gasteiger charge is -2.21. The molecule has 1 atom stereocenters. The third-order valence-corrected chi connectivity index (χ3v) is 4.02. The summed E-state index contributed by atoms with van der Waals surface area (Å²) in [6.45, 7) is 6.07. The molecule has 2 aromatic rings. The Morgan fingerprint density at radius 3 is 2.67 bits per heavy atom. The van der Waals surface area contributed by atoms with E-state index in [2.05, 4.69) is 15.6 Å². The Bertz CT molecular complexity index is 686. The average molecular weight is 347 g/mol. The van der Waals surface area contributed by atoms with Crippen molar-refractivity contribution in [1.29, 1.82) is 0 Å². The standard InChI is InChI=1S/C17H21N3O3S/c1-4-23-13-8-6-5-7-12(13)15(21)19-14(11(2)3)16(22)20-17-18-9-10-24-17/h5-11,14H,4H2,1-3H3,(H,19,21)(H,18,20,22). The van der Waals surface area contributed by atoms with Gasteiger partial charge in [-0.05, 0) is 25.0 Å². The lowest BCUT2D eigenvalue weighted by Crippen LogP contribution is -2.47. The summed E-state index contributed by atoms with van der Waals surface area (Å²) in [5.74, 6) is -0.206. The molecular weight excluding hydrogens is 326 g/mol. The first-order chi connectivity index (χ1) is 11.5. The van der Waals surface area contributed by atoms with Gasteiger partial charge in [-0.1, -0.05) is 26.0 Å². The van der Waals surface area contributed by atoms with E-state index in [4.69, 9.17) is 4.74 Å². The van der Waals surface area contributed by atoms with Crippen LogP contribution in [0.5, 0.6) is 5.75 Å². The molecule has 1 aromatic heterocycles. The topological polar surface area (TPSA) is 80.3 Å². The van der Waals surface area contributed by atoms with E-state index in [1.165, 1.54) is 11.3 Å². The van der Waals surface area contributed by atoms with Crippen molar-refractivity contribution in [1.82, 2.24) is 10.3 Å². The third-order valence-electron chi connectivity index (χ3n) is 3.33. The maximum Gasteiger partial charge on any atom is 0.255 e. The van der Waals surface area contributed by atoms with Gasteiger partial charge in [-0.3, -0.25) is 9.59 Å². The van der Waals surface area contributed by atoms with Crippen LogP contribution in [-0.2, 0) is 4.79 Å². The van der Waals surface area contributed by atoms with Gasteiger partial charge in [0, 0.05) is 11.6 Å². The Morgan fingerprint density at radius 1 is 1.29 bits per heavy atom. The number of carbonyl (C=O) groups is 2. The lowest BCUT2D eigenvalue weighted by molar-refractivity contribution is -0.118. The van der Waals surface area contributed by atoms with E-state index in [-0.39, 0.29) is 17.7 Å². The van der Waals surface area contributed by atoms with Crippen molar-refractivity contribution in [2.45, 2.75) is 26.8 Å². The molecule has 1 heterocycles. The number of rotatable bonds is 7. The summed E-state index contributed by atoms with van der Waals surface area (Å²) < 4.78 is 5.48. The van der Waals surface area contributed by atoms with Crippen molar-refractivity contribution < 1.29 is 14.3 Å². The molecule has 2 N–H and O–H groups in total. The zero-order valence-corrected chi connectivity index (χ0v) is 14.7. The molecule has 24 heavy (non-hydrogen) atoms. The monoisotopic (exact) mass is 347 g/mol. The fourth-order valence-corrected chi connectivity index (χ4v) is 2.69. The summed E-state index contributed by atoms with van der Waals surface area (Å²) in [5, 5.41) is 7.80. The van der Waals surface area contributed by atoms with Gasteiger partial charge in [-0.2, -0.15) is 0 Å². The number of nitrogens with one attached hydrogen (secondary N) is 2.